The number of carbonyl (C=O) groups is 1. The minimum Gasteiger partial charge on any atom is -0.494 e. The Morgan fingerprint density at radius 3 is 2.77 bits per heavy atom. The lowest BCUT2D eigenvalue weighted by molar-refractivity contribution is -0.123. The molecule has 1 heterocycles. The van der Waals surface area contributed by atoms with E-state index in [9.17, 15) is 4.79 Å². The first-order valence-corrected chi connectivity index (χ1v) is 9.46. The van der Waals surface area contributed by atoms with Crippen molar-refractivity contribution in [2.24, 2.45) is 5.92 Å². The van der Waals surface area contributed by atoms with Crippen molar-refractivity contribution < 1.29 is 9.53 Å². The zero-order chi connectivity index (χ0) is 18.4. The van der Waals surface area contributed by atoms with Gasteiger partial charge in [-0.3, -0.25) is 4.79 Å². The largest absolute Gasteiger partial charge is 0.494 e. The summed E-state index contributed by atoms with van der Waals surface area (Å²) in [6.07, 6.45) is 5.63. The Balaban J connectivity index is 1.56. The summed E-state index contributed by atoms with van der Waals surface area (Å²) in [5, 5.41) is 15.5. The Morgan fingerprint density at radius 2 is 2.04 bits per heavy atom. The molecule has 1 aliphatic carbocycles. The van der Waals surface area contributed by atoms with E-state index in [1.54, 1.807) is 0 Å². The van der Waals surface area contributed by atoms with E-state index in [2.05, 4.69) is 34.6 Å². The normalized spacial score (nSPS) is 19.9. The number of carbonyl (C=O) groups excluding carboxylic acids is 1. The van der Waals surface area contributed by atoms with Gasteiger partial charge < -0.3 is 10.1 Å². The van der Waals surface area contributed by atoms with Crippen LogP contribution in [-0.2, 0) is 11.3 Å². The third-order valence-electron chi connectivity index (χ3n) is 4.78. The number of ether oxygens (including phenoxy) is 1. The van der Waals surface area contributed by atoms with E-state index in [1.165, 1.54) is 24.1 Å². The Morgan fingerprint density at radius 1 is 1.27 bits per heavy atom. The molecule has 0 bridgehead atoms. The Labute approximate surface area is 154 Å². The lowest BCUT2D eigenvalue weighted by Crippen LogP contribution is -2.42. The number of aromatic nitrogens is 4. The predicted molar refractivity (Wildman–Crippen MR) is 98.6 cm³/mol. The predicted octanol–water partition coefficient (Wildman–Crippen LogP) is 2.82. The fourth-order valence-corrected chi connectivity index (χ4v) is 3.26. The van der Waals surface area contributed by atoms with Crippen molar-refractivity contribution >= 4 is 5.91 Å². The Bertz CT molecular complexity index is 713. The number of nitrogens with zero attached hydrogens (tertiary/aromatic N) is 4. The zero-order valence-electron chi connectivity index (χ0n) is 15.5. The number of rotatable bonds is 7. The molecule has 1 fully saturated rings. The van der Waals surface area contributed by atoms with E-state index < -0.39 is 0 Å². The first-order valence-electron chi connectivity index (χ1n) is 9.46. The molecule has 0 saturated heterocycles. The van der Waals surface area contributed by atoms with Crippen LogP contribution in [0.5, 0.6) is 5.75 Å². The van der Waals surface area contributed by atoms with Crippen molar-refractivity contribution in [1.29, 1.82) is 0 Å². The summed E-state index contributed by atoms with van der Waals surface area (Å²) < 4.78 is 5.57. The van der Waals surface area contributed by atoms with Gasteiger partial charge in [0.25, 0.3) is 0 Å². The average molecular weight is 357 g/mol. The molecular weight excluding hydrogens is 330 g/mol. The molecule has 7 nitrogen and oxygen atoms in total. The topological polar surface area (TPSA) is 81.9 Å². The fourth-order valence-electron chi connectivity index (χ4n) is 3.26. The van der Waals surface area contributed by atoms with Crippen molar-refractivity contribution in [3.8, 4) is 17.1 Å². The standard InChI is InChI=1S/C19H27N5O2/c1-3-12-26-16-10-8-15(9-11-16)19-21-23-24(22-19)13-18(25)20-17-7-5-4-6-14(17)2/h8-11,14,17H,3-7,12-13H2,1-2H3,(H,20,25). The van der Waals surface area contributed by atoms with Gasteiger partial charge in [0.2, 0.25) is 11.7 Å². The van der Waals surface area contributed by atoms with Crippen LogP contribution in [0.2, 0.25) is 0 Å². The molecule has 3 rings (SSSR count). The van der Waals surface area contributed by atoms with Crippen LogP contribution in [-0.4, -0.2) is 38.8 Å². The monoisotopic (exact) mass is 357 g/mol. The molecule has 7 heteroatoms. The second-order valence-electron chi connectivity index (χ2n) is 6.95. The lowest BCUT2D eigenvalue weighted by atomic mass is 9.86. The number of amides is 1. The Kier molecular flexibility index (Phi) is 6.20. The number of nitrogens with one attached hydrogen (secondary N) is 1. The maximum Gasteiger partial charge on any atom is 0.243 e. The van der Waals surface area contributed by atoms with Crippen molar-refractivity contribution in [2.45, 2.75) is 58.5 Å². The molecular formula is C19H27N5O2. The third-order valence-corrected chi connectivity index (χ3v) is 4.78. The summed E-state index contributed by atoms with van der Waals surface area (Å²) >= 11 is 0. The molecule has 26 heavy (non-hydrogen) atoms. The van der Waals surface area contributed by atoms with Crippen molar-refractivity contribution in [2.75, 3.05) is 6.61 Å². The number of hydrogen-bond acceptors (Lipinski definition) is 5. The maximum absolute atomic E-state index is 12.3. The molecule has 1 N–H and O–H groups in total. The van der Waals surface area contributed by atoms with Crippen LogP contribution >= 0.6 is 0 Å². The average Bonchev–Trinajstić information content (AvgIpc) is 3.10. The molecule has 1 aliphatic rings. The van der Waals surface area contributed by atoms with Gasteiger partial charge in [-0.25, -0.2) is 0 Å². The summed E-state index contributed by atoms with van der Waals surface area (Å²) in [6.45, 7) is 5.06. The number of benzene rings is 1. The Hall–Kier alpha value is -2.44. The van der Waals surface area contributed by atoms with E-state index in [1.807, 2.05) is 24.3 Å². The van der Waals surface area contributed by atoms with Gasteiger partial charge in [0.1, 0.15) is 12.3 Å². The lowest BCUT2D eigenvalue weighted by Gasteiger charge is -2.29. The van der Waals surface area contributed by atoms with E-state index in [0.29, 0.717) is 18.3 Å². The van der Waals surface area contributed by atoms with Gasteiger partial charge in [0, 0.05) is 11.6 Å². The molecule has 0 radical (unpaired) electrons. The molecule has 0 aliphatic heterocycles. The zero-order valence-corrected chi connectivity index (χ0v) is 15.5. The van der Waals surface area contributed by atoms with Crippen molar-refractivity contribution in [3.63, 3.8) is 0 Å². The van der Waals surface area contributed by atoms with E-state index in [-0.39, 0.29) is 18.5 Å². The first-order chi connectivity index (χ1) is 12.7. The van der Waals surface area contributed by atoms with Crippen LogP contribution in [0, 0.1) is 5.92 Å². The van der Waals surface area contributed by atoms with Gasteiger partial charge in [-0.1, -0.05) is 26.7 Å². The molecule has 1 saturated carbocycles. The van der Waals surface area contributed by atoms with E-state index in [0.717, 1.165) is 24.2 Å². The quantitative estimate of drug-likeness (QED) is 0.824. The van der Waals surface area contributed by atoms with Crippen LogP contribution in [0.3, 0.4) is 0 Å². The minimum absolute atomic E-state index is 0.0592. The highest BCUT2D eigenvalue weighted by Gasteiger charge is 2.23. The van der Waals surface area contributed by atoms with Gasteiger partial charge in [0.05, 0.1) is 6.61 Å². The molecule has 1 aromatic carbocycles. The van der Waals surface area contributed by atoms with Gasteiger partial charge in [-0.15, -0.1) is 10.2 Å². The smallest absolute Gasteiger partial charge is 0.243 e. The molecule has 1 amide bonds. The van der Waals surface area contributed by atoms with Crippen LogP contribution < -0.4 is 10.1 Å². The van der Waals surface area contributed by atoms with Crippen molar-refractivity contribution in [1.82, 2.24) is 25.5 Å². The SMILES string of the molecule is CCCOc1ccc(-c2nnn(CC(=O)NC3CCCCC3C)n2)cc1. The highest BCUT2D eigenvalue weighted by Crippen LogP contribution is 2.23. The fraction of sp³-hybridized carbons (Fsp3) is 0.579. The van der Waals surface area contributed by atoms with Crippen LogP contribution in [0.15, 0.2) is 24.3 Å². The summed E-state index contributed by atoms with van der Waals surface area (Å²) in [6, 6.07) is 7.84. The minimum atomic E-state index is -0.0592. The maximum atomic E-state index is 12.3. The second kappa shape index (κ2) is 8.78. The van der Waals surface area contributed by atoms with Gasteiger partial charge in [-0.2, -0.15) is 4.80 Å². The van der Waals surface area contributed by atoms with E-state index >= 15 is 0 Å². The van der Waals surface area contributed by atoms with Crippen LogP contribution in [0.1, 0.15) is 46.0 Å². The first kappa shape index (κ1) is 18.4. The molecule has 2 unspecified atom stereocenters. The van der Waals surface area contributed by atoms with Gasteiger partial charge >= 0.3 is 0 Å². The van der Waals surface area contributed by atoms with Crippen LogP contribution in [0.25, 0.3) is 11.4 Å². The van der Waals surface area contributed by atoms with Crippen LogP contribution in [0.4, 0.5) is 0 Å². The van der Waals surface area contributed by atoms with Crippen molar-refractivity contribution in [3.05, 3.63) is 24.3 Å². The molecule has 2 aromatic rings. The highest BCUT2D eigenvalue weighted by atomic mass is 16.5. The molecule has 0 spiro atoms. The number of tetrazole rings is 1. The summed E-state index contributed by atoms with van der Waals surface area (Å²) in [5.74, 6) is 1.80. The summed E-state index contributed by atoms with van der Waals surface area (Å²) in [7, 11) is 0. The number of hydrogen-bond donors (Lipinski definition) is 1. The molecule has 140 valence electrons. The second-order valence-corrected chi connectivity index (χ2v) is 6.95. The molecule has 1 aromatic heterocycles. The highest BCUT2D eigenvalue weighted by molar-refractivity contribution is 5.75. The van der Waals surface area contributed by atoms with E-state index in [4.69, 9.17) is 4.74 Å². The van der Waals surface area contributed by atoms with Gasteiger partial charge in [-0.05, 0) is 54.7 Å². The third kappa shape index (κ3) is 4.80. The summed E-state index contributed by atoms with van der Waals surface area (Å²) in [5.41, 5.74) is 0.849. The summed E-state index contributed by atoms with van der Waals surface area (Å²) in [4.78, 5) is 13.6. The molecule has 2 atom stereocenters. The van der Waals surface area contributed by atoms with Gasteiger partial charge in [0.15, 0.2) is 0 Å².